The Bertz CT molecular complexity index is 1770. The highest BCUT2D eigenvalue weighted by atomic mass is 32.2. The van der Waals surface area contributed by atoms with E-state index in [1.807, 2.05) is 0 Å². The molecule has 0 fully saturated rings. The number of benzene rings is 3. The normalized spacial score (nSPS) is 11.1. The molecular formula is C73H124O12S. The maximum atomic E-state index is 8.44. The second-order valence-corrected chi connectivity index (χ2v) is 24.8. The third kappa shape index (κ3) is 34.9. The van der Waals surface area contributed by atoms with Gasteiger partial charge in [0, 0.05) is 36.4 Å². The van der Waals surface area contributed by atoms with Crippen molar-refractivity contribution in [2.75, 3.05) is 59.5 Å². The second-order valence-electron chi connectivity index (χ2n) is 23.0. The predicted octanol–water partition coefficient (Wildman–Crippen LogP) is 21.3. The molecule has 0 bridgehead atoms. The maximum absolute atomic E-state index is 8.44. The van der Waals surface area contributed by atoms with Crippen LogP contribution in [0.4, 0.5) is 4.79 Å². The first kappa shape index (κ1) is 77.6. The van der Waals surface area contributed by atoms with Gasteiger partial charge in [0.15, 0.2) is 34.5 Å². The van der Waals surface area contributed by atoms with E-state index in [0.717, 1.165) is 259 Å². The van der Waals surface area contributed by atoms with Crippen molar-refractivity contribution in [3.8, 4) is 51.7 Å². The average Bonchev–Trinajstić information content (AvgIpc) is 1.16. The molecule has 0 saturated heterocycles. The third-order valence-corrected chi connectivity index (χ3v) is 17.4. The van der Waals surface area contributed by atoms with Crippen LogP contribution in [0.1, 0.15) is 293 Å². The molecule has 86 heavy (non-hydrogen) atoms. The van der Waals surface area contributed by atoms with Crippen molar-refractivity contribution in [3.05, 3.63) is 36.4 Å². The Kier molecular flexibility index (Phi) is 48.3. The van der Waals surface area contributed by atoms with E-state index in [-0.39, 0.29) is 0 Å². The lowest BCUT2D eigenvalue weighted by Gasteiger charge is -2.24. The van der Waals surface area contributed by atoms with Crippen LogP contribution in [-0.2, 0) is 10.9 Å². The van der Waals surface area contributed by atoms with Crippen molar-refractivity contribution in [3.63, 3.8) is 0 Å². The van der Waals surface area contributed by atoms with Crippen LogP contribution in [0, 0.1) is 0 Å². The van der Waals surface area contributed by atoms with Crippen LogP contribution in [0.2, 0.25) is 0 Å². The van der Waals surface area contributed by atoms with Gasteiger partial charge in [0.2, 0.25) is 6.16 Å². The Hall–Kier alpha value is -4.52. The Morgan fingerprint density at radius 1 is 0.279 bits per heavy atom. The van der Waals surface area contributed by atoms with E-state index < -0.39 is 17.1 Å². The van der Waals surface area contributed by atoms with Gasteiger partial charge >= 0.3 is 0 Å². The van der Waals surface area contributed by atoms with Crippen molar-refractivity contribution < 1.29 is 57.6 Å². The van der Waals surface area contributed by atoms with Crippen LogP contribution < -0.4 is 47.7 Å². The Morgan fingerprint density at radius 3 is 0.558 bits per heavy atom. The standard InChI is InChI=1S/C72H123O9S.CH2O3/c1-10-19-28-37-46-73-61-55-64(76-49-40-31-22-13-4)70(65(56-61)77-50-41-32-23-14-5)82(71-66(78-51-42-33-24-15-6)57-62(74-47-38-29-20-11-2)58-67(71)79-52-43-34-25-16-7)72-68(80-53-44-35-26-17-8)59-63(75-48-39-30-21-12-3)60-69(72)81-54-45-36-27-18-9;2-1(3)4/h55-60H,10-54H2,1-9H3;(H2,2,3,4)/q+1;/p-1. The van der Waals surface area contributed by atoms with Crippen molar-refractivity contribution in [1.29, 1.82) is 0 Å². The van der Waals surface area contributed by atoms with E-state index in [1.54, 1.807) is 0 Å². The molecule has 3 rings (SSSR count). The van der Waals surface area contributed by atoms with E-state index in [2.05, 4.69) is 98.7 Å². The summed E-state index contributed by atoms with van der Waals surface area (Å²) in [5.74, 6) is 6.73. The largest absolute Gasteiger partial charge is 0.565 e. The van der Waals surface area contributed by atoms with Gasteiger partial charge in [-0.15, -0.1) is 0 Å². The highest BCUT2D eigenvalue weighted by Gasteiger charge is 2.47. The lowest BCUT2D eigenvalue weighted by Crippen LogP contribution is -2.18. The molecule has 13 heteroatoms. The number of rotatable bonds is 57. The summed E-state index contributed by atoms with van der Waals surface area (Å²) in [5.41, 5.74) is 0. The number of hydrogen-bond acceptors (Lipinski definition) is 11. The molecule has 0 aliphatic heterocycles. The molecular weight excluding hydrogens is 1100 g/mol. The van der Waals surface area contributed by atoms with E-state index in [4.69, 9.17) is 57.6 Å². The summed E-state index contributed by atoms with van der Waals surface area (Å²) >= 11 is 0. The zero-order valence-corrected chi connectivity index (χ0v) is 56.9. The molecule has 0 aliphatic carbocycles. The summed E-state index contributed by atoms with van der Waals surface area (Å²) < 4.78 is 64.1. The summed E-state index contributed by atoms with van der Waals surface area (Å²) in [7, 11) is -1.11. The molecule has 12 nitrogen and oxygen atoms in total. The molecule has 1 N–H and O–H groups in total. The van der Waals surface area contributed by atoms with Gasteiger partial charge in [-0.05, 0) is 57.8 Å². The smallest absolute Gasteiger partial charge is 0.250 e. The molecule has 0 aliphatic rings. The monoisotopic (exact) mass is 1220 g/mol. The van der Waals surface area contributed by atoms with Crippen LogP contribution in [0.25, 0.3) is 0 Å². The highest BCUT2D eigenvalue weighted by Crippen LogP contribution is 2.56. The lowest BCUT2D eigenvalue weighted by atomic mass is 10.2. The van der Waals surface area contributed by atoms with Crippen molar-refractivity contribution >= 4 is 17.1 Å². The summed E-state index contributed by atoms with van der Waals surface area (Å²) in [5, 5.41) is 15.3. The van der Waals surface area contributed by atoms with Crippen molar-refractivity contribution in [2.24, 2.45) is 0 Å². The van der Waals surface area contributed by atoms with Crippen LogP contribution in [0.15, 0.2) is 51.1 Å². The van der Waals surface area contributed by atoms with E-state index in [9.17, 15) is 0 Å². The molecule has 0 heterocycles. The molecule has 0 radical (unpaired) electrons. The van der Waals surface area contributed by atoms with Crippen LogP contribution >= 0.6 is 0 Å². The van der Waals surface area contributed by atoms with Gasteiger partial charge < -0.3 is 57.6 Å². The number of ether oxygens (including phenoxy) is 9. The number of hydrogen-bond donors (Lipinski definition) is 1. The van der Waals surface area contributed by atoms with E-state index in [0.29, 0.717) is 59.5 Å². The van der Waals surface area contributed by atoms with Crippen LogP contribution in [-0.4, -0.2) is 70.7 Å². The summed E-state index contributed by atoms with van der Waals surface area (Å²) in [6.45, 7) is 25.5. The molecule has 0 saturated carbocycles. The first-order valence-electron chi connectivity index (χ1n) is 35.0. The quantitative estimate of drug-likeness (QED) is 0.0424. The average molecular weight is 1230 g/mol. The molecule has 0 aromatic heterocycles. The SMILES string of the molecule is CCCCCCOc1cc(OCCCCCC)c([S+](c2c(OCCCCCC)cc(OCCCCCC)cc2OCCCCCC)c2c(OCCCCCC)cc(OCCCCCC)cc2OCCCCCC)c(OCCCCCC)c1.O=C([O-])O. The van der Waals surface area contributed by atoms with Gasteiger partial charge in [0.05, 0.1) is 59.5 Å². The van der Waals surface area contributed by atoms with Gasteiger partial charge in [0.25, 0.3) is 14.7 Å². The number of unbranched alkanes of at least 4 members (excludes halogenated alkanes) is 27. The van der Waals surface area contributed by atoms with Gasteiger partial charge in [-0.1, -0.05) is 236 Å². The third-order valence-electron chi connectivity index (χ3n) is 14.9. The van der Waals surface area contributed by atoms with Crippen LogP contribution in [0.5, 0.6) is 51.7 Å². The predicted molar refractivity (Wildman–Crippen MR) is 356 cm³/mol. The molecule has 0 atom stereocenters. The Labute approximate surface area is 527 Å². The zero-order valence-electron chi connectivity index (χ0n) is 56.1. The fourth-order valence-electron chi connectivity index (χ4n) is 9.88. The fourth-order valence-corrected chi connectivity index (χ4v) is 12.4. The van der Waals surface area contributed by atoms with E-state index >= 15 is 0 Å². The Balaban J connectivity index is 0.00000610. The van der Waals surface area contributed by atoms with Gasteiger partial charge in [-0.3, -0.25) is 0 Å². The molecule has 0 unspecified atom stereocenters. The molecule has 3 aromatic carbocycles. The summed E-state index contributed by atoms with van der Waals surface area (Å²) in [6, 6.07) is 12.9. The Morgan fingerprint density at radius 2 is 0.419 bits per heavy atom. The highest BCUT2D eigenvalue weighted by molar-refractivity contribution is 7.97. The van der Waals surface area contributed by atoms with Crippen molar-refractivity contribution in [1.82, 2.24) is 0 Å². The topological polar surface area (TPSA) is 143 Å². The minimum Gasteiger partial charge on any atom is -0.565 e. The zero-order chi connectivity index (χ0) is 62.5. The number of carboxylic acid groups (broad SMARTS) is 2. The molecule has 3 aromatic rings. The fraction of sp³-hybridized carbons (Fsp3) is 0.740. The minimum atomic E-state index is -2.08. The molecule has 0 amide bonds. The van der Waals surface area contributed by atoms with Crippen LogP contribution in [0.3, 0.4) is 0 Å². The van der Waals surface area contributed by atoms with Crippen molar-refractivity contribution in [2.45, 2.75) is 308 Å². The summed E-state index contributed by atoms with van der Waals surface area (Å²) in [4.78, 5) is 11.2. The van der Waals surface area contributed by atoms with Gasteiger partial charge in [-0.2, -0.15) is 0 Å². The maximum Gasteiger partial charge on any atom is 0.250 e. The number of carbonyl (C=O) groups is 1. The summed E-state index contributed by atoms with van der Waals surface area (Å²) in [6.07, 6.45) is 37.3. The van der Waals surface area contributed by atoms with E-state index in [1.165, 1.54) is 38.5 Å². The van der Waals surface area contributed by atoms with Gasteiger partial charge in [-0.25, -0.2) is 0 Å². The lowest BCUT2D eigenvalue weighted by molar-refractivity contribution is -0.275. The molecule has 494 valence electrons. The first-order valence-corrected chi connectivity index (χ1v) is 36.2. The van der Waals surface area contributed by atoms with Gasteiger partial charge in [0.1, 0.15) is 28.1 Å². The first-order chi connectivity index (χ1) is 42.2. The minimum absolute atomic E-state index is 0.554. The molecule has 0 spiro atoms. The second kappa shape index (κ2) is 53.5.